The first-order chi connectivity index (χ1) is 15.4. The molecule has 6 heteroatoms. The summed E-state index contributed by atoms with van der Waals surface area (Å²) in [6.07, 6.45) is 2.95. The average Bonchev–Trinajstić information content (AvgIpc) is 3.21. The van der Waals surface area contributed by atoms with Crippen LogP contribution >= 0.6 is 11.8 Å². The maximum absolute atomic E-state index is 12.5. The number of allylic oxidation sites excluding steroid dienone is 3. The molecule has 1 N–H and O–H groups in total. The number of benzene rings is 2. The molecule has 0 aliphatic rings. The predicted octanol–water partition coefficient (Wildman–Crippen LogP) is 6.64. The summed E-state index contributed by atoms with van der Waals surface area (Å²) in [6, 6.07) is 15.1. The molecular weight excluding hydrogens is 420 g/mol. The number of esters is 1. The van der Waals surface area contributed by atoms with Gasteiger partial charge in [0.1, 0.15) is 11.5 Å². The highest BCUT2D eigenvalue weighted by Crippen LogP contribution is 2.27. The summed E-state index contributed by atoms with van der Waals surface area (Å²) in [4.78, 5) is 20.5. The van der Waals surface area contributed by atoms with Crippen molar-refractivity contribution in [1.29, 1.82) is 0 Å². The molecule has 0 fully saturated rings. The molecule has 0 saturated carbocycles. The molecular formula is C26H30N2O3S. The monoisotopic (exact) mass is 450 g/mol. The van der Waals surface area contributed by atoms with Gasteiger partial charge >= 0.3 is 5.97 Å². The Morgan fingerprint density at radius 3 is 2.62 bits per heavy atom. The number of hydrogen-bond donors (Lipinski definition) is 1. The molecule has 2 aromatic carbocycles. The summed E-state index contributed by atoms with van der Waals surface area (Å²) >= 11 is 1.66. The van der Waals surface area contributed by atoms with Gasteiger partial charge in [-0.15, -0.1) is 0 Å². The molecule has 0 radical (unpaired) electrons. The topological polar surface area (TPSA) is 64.2 Å². The van der Waals surface area contributed by atoms with Gasteiger partial charge in [0, 0.05) is 11.8 Å². The summed E-state index contributed by atoms with van der Waals surface area (Å²) in [7, 11) is 1.71. The van der Waals surface area contributed by atoms with Crippen molar-refractivity contribution in [3.8, 4) is 5.75 Å². The fourth-order valence-corrected chi connectivity index (χ4v) is 4.34. The lowest BCUT2D eigenvalue weighted by Crippen LogP contribution is -2.16. The van der Waals surface area contributed by atoms with Gasteiger partial charge in [0.15, 0.2) is 5.16 Å². The maximum atomic E-state index is 12.5. The van der Waals surface area contributed by atoms with E-state index in [-0.39, 0.29) is 11.9 Å². The van der Waals surface area contributed by atoms with Gasteiger partial charge in [0.05, 0.1) is 24.1 Å². The Morgan fingerprint density at radius 2 is 1.94 bits per heavy atom. The number of rotatable bonds is 9. The third kappa shape index (κ3) is 5.82. The van der Waals surface area contributed by atoms with E-state index in [1.54, 1.807) is 31.0 Å². The summed E-state index contributed by atoms with van der Waals surface area (Å²) in [5.41, 5.74) is 4.98. The van der Waals surface area contributed by atoms with Crippen LogP contribution in [0.3, 0.4) is 0 Å². The molecule has 3 aromatic rings. The Labute approximate surface area is 193 Å². The van der Waals surface area contributed by atoms with Crippen LogP contribution in [0.1, 0.15) is 45.6 Å². The molecule has 1 aromatic heterocycles. The van der Waals surface area contributed by atoms with Crippen molar-refractivity contribution in [1.82, 2.24) is 9.97 Å². The second kappa shape index (κ2) is 11.0. The van der Waals surface area contributed by atoms with Crippen molar-refractivity contribution < 1.29 is 14.3 Å². The third-order valence-electron chi connectivity index (χ3n) is 5.40. The molecule has 0 amide bonds. The van der Waals surface area contributed by atoms with E-state index in [1.807, 2.05) is 50.2 Å². The minimum atomic E-state index is -0.336. The Hall–Kier alpha value is -2.99. The number of nitrogens with zero attached hydrogens (tertiary/aromatic N) is 1. The zero-order valence-electron chi connectivity index (χ0n) is 19.3. The van der Waals surface area contributed by atoms with Gasteiger partial charge in [-0.3, -0.25) is 4.79 Å². The number of ether oxygens (including phenoxy) is 2. The highest BCUT2D eigenvalue weighted by atomic mass is 32.2. The first-order valence-electron chi connectivity index (χ1n) is 10.7. The van der Waals surface area contributed by atoms with Gasteiger partial charge in [-0.05, 0) is 63.0 Å². The first-order valence-corrected chi connectivity index (χ1v) is 11.7. The van der Waals surface area contributed by atoms with Crippen LogP contribution in [-0.4, -0.2) is 28.8 Å². The molecule has 0 saturated heterocycles. The van der Waals surface area contributed by atoms with Crippen molar-refractivity contribution in [2.45, 2.75) is 45.2 Å². The van der Waals surface area contributed by atoms with Crippen LogP contribution in [0.4, 0.5) is 0 Å². The summed E-state index contributed by atoms with van der Waals surface area (Å²) in [6.45, 7) is 8.02. The van der Waals surface area contributed by atoms with Gasteiger partial charge in [-0.25, -0.2) is 4.98 Å². The number of aromatic nitrogens is 2. The lowest BCUT2D eigenvalue weighted by molar-refractivity contribution is -0.135. The van der Waals surface area contributed by atoms with Gasteiger partial charge < -0.3 is 14.5 Å². The van der Waals surface area contributed by atoms with Crippen LogP contribution in [0.2, 0.25) is 0 Å². The molecule has 1 heterocycles. The molecule has 1 unspecified atom stereocenters. The molecule has 0 spiro atoms. The lowest BCUT2D eigenvalue weighted by atomic mass is 10.0. The maximum Gasteiger partial charge on any atom is 0.318 e. The number of nitrogens with one attached hydrogen (secondary N) is 1. The van der Waals surface area contributed by atoms with E-state index in [2.05, 4.69) is 29.9 Å². The van der Waals surface area contributed by atoms with E-state index in [1.165, 1.54) is 5.57 Å². The fourth-order valence-electron chi connectivity index (χ4n) is 3.39. The second-order valence-corrected chi connectivity index (χ2v) is 8.74. The first kappa shape index (κ1) is 23.7. The normalized spacial score (nSPS) is 13.6. The van der Waals surface area contributed by atoms with Crippen LogP contribution in [0.5, 0.6) is 5.75 Å². The Kier molecular flexibility index (Phi) is 8.17. The molecule has 5 nitrogen and oxygen atoms in total. The van der Waals surface area contributed by atoms with Crippen molar-refractivity contribution in [2.24, 2.45) is 0 Å². The fraction of sp³-hybridized carbons (Fsp3) is 0.308. The van der Waals surface area contributed by atoms with Crippen molar-refractivity contribution >= 4 is 28.8 Å². The van der Waals surface area contributed by atoms with Crippen LogP contribution in [-0.2, 0) is 9.53 Å². The number of carbonyl (C=O) groups excluding carboxylic acids is 1. The van der Waals surface area contributed by atoms with E-state index >= 15 is 0 Å². The predicted molar refractivity (Wildman–Crippen MR) is 131 cm³/mol. The number of aromatic amines is 1. The van der Waals surface area contributed by atoms with Crippen molar-refractivity contribution in [3.63, 3.8) is 0 Å². The van der Waals surface area contributed by atoms with Gasteiger partial charge in [0.2, 0.25) is 0 Å². The lowest BCUT2D eigenvalue weighted by Gasteiger charge is -2.11. The average molecular weight is 451 g/mol. The molecule has 0 bridgehead atoms. The quantitative estimate of drug-likeness (QED) is 0.130. The minimum Gasteiger partial charge on any atom is -0.497 e. The van der Waals surface area contributed by atoms with Gasteiger partial charge in [-0.1, -0.05) is 48.2 Å². The molecule has 1 atom stereocenters. The smallest absolute Gasteiger partial charge is 0.318 e. The molecule has 168 valence electrons. The van der Waals surface area contributed by atoms with E-state index in [4.69, 9.17) is 9.47 Å². The van der Waals surface area contributed by atoms with Gasteiger partial charge in [0.25, 0.3) is 0 Å². The minimum absolute atomic E-state index is 0.284. The zero-order valence-corrected chi connectivity index (χ0v) is 20.1. The Bertz CT molecular complexity index is 1130. The number of methoxy groups -OCH3 is 1. The van der Waals surface area contributed by atoms with E-state index in [9.17, 15) is 4.79 Å². The van der Waals surface area contributed by atoms with Crippen LogP contribution in [0.15, 0.2) is 76.7 Å². The SMILES string of the molecule is C/C=C(C)\C(OC)=C(\C)CCSc1nc2cc(OC(=O)C(C)c3ccccc3)ccc2[nH]1. The van der Waals surface area contributed by atoms with E-state index in [0.717, 1.165) is 45.3 Å². The van der Waals surface area contributed by atoms with Gasteiger partial charge in [-0.2, -0.15) is 0 Å². The van der Waals surface area contributed by atoms with E-state index < -0.39 is 0 Å². The highest BCUT2D eigenvalue weighted by molar-refractivity contribution is 7.99. The number of carbonyl (C=O) groups is 1. The largest absolute Gasteiger partial charge is 0.497 e. The summed E-state index contributed by atoms with van der Waals surface area (Å²) in [5, 5.41) is 0.843. The standard InChI is InChI=1S/C26H30N2O3S/c1-6-17(2)24(30-5)18(3)14-15-32-26-27-22-13-12-21(16-23(22)28-26)31-25(29)19(4)20-10-8-7-9-11-20/h6-13,16,19H,14-15H2,1-5H3,(H,27,28)/b17-6-,24-18+. The van der Waals surface area contributed by atoms with Crippen LogP contribution in [0, 0.1) is 0 Å². The molecule has 0 aliphatic heterocycles. The second-order valence-electron chi connectivity index (χ2n) is 7.66. The number of fused-ring (bicyclic) bond motifs is 1. The summed E-state index contributed by atoms with van der Waals surface area (Å²) in [5.74, 6) is 1.71. The summed E-state index contributed by atoms with van der Waals surface area (Å²) < 4.78 is 11.1. The molecule has 3 rings (SSSR count). The van der Waals surface area contributed by atoms with Crippen LogP contribution < -0.4 is 4.74 Å². The number of thioether (sulfide) groups is 1. The number of hydrogen-bond acceptors (Lipinski definition) is 5. The van der Waals surface area contributed by atoms with Crippen molar-refractivity contribution in [2.75, 3.05) is 12.9 Å². The third-order valence-corrected chi connectivity index (χ3v) is 6.28. The molecule has 32 heavy (non-hydrogen) atoms. The van der Waals surface area contributed by atoms with E-state index in [0.29, 0.717) is 5.75 Å². The number of imidazole rings is 1. The zero-order chi connectivity index (χ0) is 23.1. The highest BCUT2D eigenvalue weighted by Gasteiger charge is 2.18. The van der Waals surface area contributed by atoms with Crippen LogP contribution in [0.25, 0.3) is 11.0 Å². The Balaban J connectivity index is 1.63. The molecule has 0 aliphatic carbocycles. The number of H-pyrrole nitrogens is 1. The van der Waals surface area contributed by atoms with Crippen molar-refractivity contribution in [3.05, 3.63) is 77.1 Å². The Morgan fingerprint density at radius 1 is 1.19 bits per heavy atom.